The van der Waals surface area contributed by atoms with E-state index in [0.29, 0.717) is 6.10 Å². The van der Waals surface area contributed by atoms with Gasteiger partial charge in [0.25, 0.3) is 0 Å². The second-order valence-electron chi connectivity index (χ2n) is 2.16. The predicted octanol–water partition coefficient (Wildman–Crippen LogP) is 2.09. The van der Waals surface area contributed by atoms with Gasteiger partial charge in [0.15, 0.2) is 0 Å². The van der Waals surface area contributed by atoms with E-state index >= 15 is 0 Å². The summed E-state index contributed by atoms with van der Waals surface area (Å²) < 4.78 is 5.25. The van der Waals surface area contributed by atoms with E-state index in [1.807, 2.05) is 13.0 Å². The van der Waals surface area contributed by atoms with E-state index in [2.05, 4.69) is 0 Å². The molecule has 1 aliphatic carbocycles. The molecule has 1 rings (SSSR count). The van der Waals surface area contributed by atoms with Gasteiger partial charge in [0.1, 0.15) is 0 Å². The van der Waals surface area contributed by atoms with E-state index in [4.69, 9.17) is 4.74 Å². The molecule has 0 aliphatic heterocycles. The number of hydrogen-bond acceptors (Lipinski definition) is 1. The smallest absolute Gasteiger partial charge is 0.0978 e. The van der Waals surface area contributed by atoms with Crippen molar-refractivity contribution in [2.45, 2.75) is 32.3 Å². The van der Waals surface area contributed by atoms with E-state index in [-0.39, 0.29) is 0 Å². The average molecular weight is 112 g/mol. The molecule has 0 amide bonds. The molecule has 0 N–H and O–H groups in total. The molecule has 46 valence electrons. The quantitative estimate of drug-likeness (QED) is 0.497. The zero-order chi connectivity index (χ0) is 5.82. The summed E-state index contributed by atoms with van der Waals surface area (Å²) >= 11 is 0. The van der Waals surface area contributed by atoms with Crippen LogP contribution in [0.3, 0.4) is 0 Å². The van der Waals surface area contributed by atoms with Crippen molar-refractivity contribution in [1.82, 2.24) is 0 Å². The lowest BCUT2D eigenvalue weighted by Crippen LogP contribution is -2.18. The normalized spacial score (nSPS) is 21.1. The molecule has 0 heterocycles. The van der Waals surface area contributed by atoms with Gasteiger partial charge in [-0.3, -0.25) is 0 Å². The van der Waals surface area contributed by atoms with Crippen LogP contribution in [0.1, 0.15) is 26.2 Å². The molecular formula is C7H12O. The van der Waals surface area contributed by atoms with Crippen LogP contribution in [0.4, 0.5) is 0 Å². The van der Waals surface area contributed by atoms with Gasteiger partial charge in [-0.15, -0.1) is 0 Å². The first-order chi connectivity index (χ1) is 3.93. The lowest BCUT2D eigenvalue weighted by molar-refractivity contribution is 0.0736. The largest absolute Gasteiger partial charge is 0.498 e. The Morgan fingerprint density at radius 2 is 2.25 bits per heavy atom. The molecule has 0 saturated heterocycles. The van der Waals surface area contributed by atoms with Crippen molar-refractivity contribution in [2.24, 2.45) is 0 Å². The molecule has 8 heavy (non-hydrogen) atoms. The highest BCUT2D eigenvalue weighted by Gasteiger charge is 2.16. The third-order valence-corrected chi connectivity index (χ3v) is 1.46. The van der Waals surface area contributed by atoms with Crippen LogP contribution in [0.2, 0.25) is 0 Å². The minimum atomic E-state index is 0.547. The van der Waals surface area contributed by atoms with Gasteiger partial charge >= 0.3 is 0 Å². The van der Waals surface area contributed by atoms with Gasteiger partial charge in [0.05, 0.1) is 12.4 Å². The van der Waals surface area contributed by atoms with Gasteiger partial charge in [0.2, 0.25) is 0 Å². The highest BCUT2D eigenvalue weighted by atomic mass is 16.5. The zero-order valence-corrected chi connectivity index (χ0v) is 5.26. The summed E-state index contributed by atoms with van der Waals surface area (Å²) in [6.07, 6.45) is 8.12. The standard InChI is InChI=1S/C7H12O/c1-2-6-8-7-4-3-5-7/h2,6-7H,3-5H2,1H3. The maximum atomic E-state index is 5.25. The minimum Gasteiger partial charge on any atom is -0.498 e. The number of ether oxygens (including phenoxy) is 1. The molecule has 0 radical (unpaired) electrons. The van der Waals surface area contributed by atoms with Gasteiger partial charge in [-0.2, -0.15) is 0 Å². The van der Waals surface area contributed by atoms with Gasteiger partial charge in [-0.05, 0) is 26.2 Å². The minimum absolute atomic E-state index is 0.547. The van der Waals surface area contributed by atoms with Crippen LogP contribution in [0.15, 0.2) is 12.3 Å². The van der Waals surface area contributed by atoms with Gasteiger partial charge in [-0.25, -0.2) is 0 Å². The van der Waals surface area contributed by atoms with Crippen molar-refractivity contribution in [1.29, 1.82) is 0 Å². The fourth-order valence-corrected chi connectivity index (χ4v) is 0.697. The van der Waals surface area contributed by atoms with Gasteiger partial charge in [-0.1, -0.05) is 6.08 Å². The van der Waals surface area contributed by atoms with Crippen LogP contribution in [-0.2, 0) is 4.74 Å². The van der Waals surface area contributed by atoms with Crippen LogP contribution in [0.25, 0.3) is 0 Å². The first-order valence-corrected chi connectivity index (χ1v) is 3.20. The Balaban J connectivity index is 2.01. The van der Waals surface area contributed by atoms with Crippen molar-refractivity contribution >= 4 is 0 Å². The van der Waals surface area contributed by atoms with Crippen LogP contribution in [0, 0.1) is 0 Å². The van der Waals surface area contributed by atoms with Gasteiger partial charge in [0, 0.05) is 0 Å². The fourth-order valence-electron chi connectivity index (χ4n) is 0.697. The maximum Gasteiger partial charge on any atom is 0.0978 e. The molecule has 1 fully saturated rings. The molecule has 0 atom stereocenters. The Morgan fingerprint density at radius 1 is 1.50 bits per heavy atom. The molecule has 0 spiro atoms. The Bertz CT molecular complexity index is 82.4. The Labute approximate surface area is 50.3 Å². The van der Waals surface area contributed by atoms with Crippen molar-refractivity contribution in [3.05, 3.63) is 12.3 Å². The number of hydrogen-bond donors (Lipinski definition) is 0. The van der Waals surface area contributed by atoms with E-state index < -0.39 is 0 Å². The molecule has 0 unspecified atom stereocenters. The summed E-state index contributed by atoms with van der Waals surface area (Å²) in [4.78, 5) is 0. The van der Waals surface area contributed by atoms with E-state index in [1.165, 1.54) is 19.3 Å². The van der Waals surface area contributed by atoms with Crippen LogP contribution in [0.5, 0.6) is 0 Å². The second-order valence-corrected chi connectivity index (χ2v) is 2.16. The lowest BCUT2D eigenvalue weighted by atomic mass is 9.96. The van der Waals surface area contributed by atoms with Crippen molar-refractivity contribution in [3.8, 4) is 0 Å². The highest BCUT2D eigenvalue weighted by molar-refractivity contribution is 4.74. The first kappa shape index (κ1) is 5.67. The fraction of sp³-hybridized carbons (Fsp3) is 0.714. The SMILES string of the molecule is CC=COC1CCC1. The average Bonchev–Trinajstić information content (AvgIpc) is 1.63. The second kappa shape index (κ2) is 2.75. The molecule has 1 nitrogen and oxygen atoms in total. The van der Waals surface area contributed by atoms with Crippen molar-refractivity contribution in [3.63, 3.8) is 0 Å². The first-order valence-electron chi connectivity index (χ1n) is 3.20. The van der Waals surface area contributed by atoms with Crippen LogP contribution < -0.4 is 0 Å². The van der Waals surface area contributed by atoms with Crippen LogP contribution >= 0.6 is 0 Å². The molecular weight excluding hydrogens is 100 g/mol. The monoisotopic (exact) mass is 112 g/mol. The Morgan fingerprint density at radius 3 is 2.62 bits per heavy atom. The van der Waals surface area contributed by atoms with Crippen LogP contribution in [-0.4, -0.2) is 6.10 Å². The predicted molar refractivity (Wildman–Crippen MR) is 33.5 cm³/mol. The highest BCUT2D eigenvalue weighted by Crippen LogP contribution is 2.21. The molecule has 1 saturated carbocycles. The third kappa shape index (κ3) is 1.25. The Hall–Kier alpha value is -0.460. The summed E-state index contributed by atoms with van der Waals surface area (Å²) in [6, 6.07) is 0. The summed E-state index contributed by atoms with van der Waals surface area (Å²) in [5.74, 6) is 0. The van der Waals surface area contributed by atoms with Crippen molar-refractivity contribution < 1.29 is 4.74 Å². The molecule has 1 heteroatoms. The summed E-state index contributed by atoms with van der Waals surface area (Å²) in [5.41, 5.74) is 0. The summed E-state index contributed by atoms with van der Waals surface area (Å²) in [5, 5.41) is 0. The number of allylic oxidation sites excluding steroid dienone is 1. The zero-order valence-electron chi connectivity index (χ0n) is 5.26. The molecule has 0 aromatic heterocycles. The molecule has 0 bridgehead atoms. The lowest BCUT2D eigenvalue weighted by Gasteiger charge is -2.23. The topological polar surface area (TPSA) is 9.23 Å². The molecule has 1 aliphatic rings. The Kier molecular flexibility index (Phi) is 1.95. The van der Waals surface area contributed by atoms with E-state index in [1.54, 1.807) is 6.26 Å². The molecule has 0 aromatic rings. The maximum absolute atomic E-state index is 5.25. The van der Waals surface area contributed by atoms with Gasteiger partial charge < -0.3 is 4.74 Å². The van der Waals surface area contributed by atoms with Crippen molar-refractivity contribution in [2.75, 3.05) is 0 Å². The third-order valence-electron chi connectivity index (χ3n) is 1.46. The summed E-state index contributed by atoms with van der Waals surface area (Å²) in [7, 11) is 0. The van der Waals surface area contributed by atoms with E-state index in [0.717, 1.165) is 0 Å². The summed E-state index contributed by atoms with van der Waals surface area (Å²) in [6.45, 7) is 1.97. The number of rotatable bonds is 2. The van der Waals surface area contributed by atoms with E-state index in [9.17, 15) is 0 Å². The molecule has 0 aromatic carbocycles.